The summed E-state index contributed by atoms with van der Waals surface area (Å²) in [6.45, 7) is 3.51. The van der Waals surface area contributed by atoms with Gasteiger partial charge in [0.15, 0.2) is 0 Å². The summed E-state index contributed by atoms with van der Waals surface area (Å²) in [6.07, 6.45) is 12.6. The third-order valence-electron chi connectivity index (χ3n) is 0.864. The van der Waals surface area contributed by atoms with Crippen LogP contribution in [0.15, 0.2) is 36.6 Å². The molecule has 0 rings (SSSR count). The average molecular weight is 133 g/mol. The summed E-state index contributed by atoms with van der Waals surface area (Å²) >= 11 is 0. The zero-order chi connectivity index (χ0) is 7.82. The smallest absolute Gasteiger partial charge is 0.0483 e. The number of nitrogens with two attached hydrogens (primary N) is 1. The van der Waals surface area contributed by atoms with Crippen molar-refractivity contribution in [2.75, 3.05) is 0 Å². The summed E-state index contributed by atoms with van der Waals surface area (Å²) in [7, 11) is 0. The maximum Gasteiger partial charge on any atom is 0.0483 e. The van der Waals surface area contributed by atoms with E-state index in [-0.39, 0.29) is 0 Å². The fourth-order valence-electron chi connectivity index (χ4n) is 0.434. The largest absolute Gasteiger partial charge is 0.401 e. The molecule has 0 radical (unpaired) electrons. The van der Waals surface area contributed by atoms with Gasteiger partial charge in [-0.1, -0.05) is 24.8 Å². The Hall–Kier alpha value is -1.42. The van der Waals surface area contributed by atoms with Crippen molar-refractivity contribution >= 4 is 0 Å². The molecule has 0 aromatic rings. The van der Waals surface area contributed by atoms with Gasteiger partial charge in [0.1, 0.15) is 0 Å². The van der Waals surface area contributed by atoms with Crippen molar-refractivity contribution in [3.8, 4) is 12.3 Å². The monoisotopic (exact) mass is 133 g/mol. The van der Waals surface area contributed by atoms with Gasteiger partial charge in [0.25, 0.3) is 0 Å². The number of terminal acetylenes is 1. The van der Waals surface area contributed by atoms with Crippen molar-refractivity contribution < 1.29 is 0 Å². The van der Waals surface area contributed by atoms with E-state index in [1.54, 1.807) is 24.3 Å². The van der Waals surface area contributed by atoms with E-state index >= 15 is 0 Å². The second kappa shape index (κ2) is 5.71. The highest BCUT2D eigenvalue weighted by Crippen LogP contribution is 1.90. The van der Waals surface area contributed by atoms with Gasteiger partial charge in [0.05, 0.1) is 0 Å². The maximum atomic E-state index is 5.46. The van der Waals surface area contributed by atoms with E-state index in [4.69, 9.17) is 12.2 Å². The molecular formula is C9H11N. The molecule has 0 aromatic heterocycles. The molecule has 0 spiro atoms. The molecule has 0 bridgehead atoms. The summed E-state index contributed by atoms with van der Waals surface area (Å²) in [6, 6.07) is 0. The third kappa shape index (κ3) is 4.73. The summed E-state index contributed by atoms with van der Waals surface area (Å²) in [5, 5.41) is 0. The number of rotatable bonds is 3. The molecule has 2 N–H and O–H groups in total. The van der Waals surface area contributed by atoms with Gasteiger partial charge < -0.3 is 5.73 Å². The number of hydrogen-bond donors (Lipinski definition) is 1. The van der Waals surface area contributed by atoms with E-state index < -0.39 is 0 Å². The van der Waals surface area contributed by atoms with Crippen LogP contribution in [0.4, 0.5) is 0 Å². The topological polar surface area (TPSA) is 26.0 Å². The zero-order valence-corrected chi connectivity index (χ0v) is 5.88. The molecular weight excluding hydrogens is 122 g/mol. The molecule has 52 valence electrons. The van der Waals surface area contributed by atoms with Gasteiger partial charge in [-0.05, 0) is 6.08 Å². The first kappa shape index (κ1) is 8.58. The fraction of sp³-hybridized carbons (Fsp3) is 0.111. The number of hydrogen-bond acceptors (Lipinski definition) is 1. The lowest BCUT2D eigenvalue weighted by Crippen LogP contribution is -1.93. The normalized spacial score (nSPS) is 11.3. The van der Waals surface area contributed by atoms with Gasteiger partial charge >= 0.3 is 0 Å². The predicted octanol–water partition coefficient (Wildman–Crippen LogP) is 1.59. The van der Waals surface area contributed by atoms with Crippen molar-refractivity contribution in [3.05, 3.63) is 36.6 Å². The zero-order valence-electron chi connectivity index (χ0n) is 5.88. The SMILES string of the molecule is C#CC/C(N)=C/C=C\C=C. The van der Waals surface area contributed by atoms with Gasteiger partial charge in [0, 0.05) is 12.1 Å². The maximum absolute atomic E-state index is 5.46. The Morgan fingerprint density at radius 3 is 2.80 bits per heavy atom. The summed E-state index contributed by atoms with van der Waals surface area (Å²) < 4.78 is 0. The van der Waals surface area contributed by atoms with E-state index in [2.05, 4.69) is 12.5 Å². The van der Waals surface area contributed by atoms with Crippen molar-refractivity contribution in [2.24, 2.45) is 5.73 Å². The molecule has 10 heavy (non-hydrogen) atoms. The molecule has 0 unspecified atom stereocenters. The standard InChI is InChI=1S/C9H11N/c1-3-5-6-8-9(10)7-4-2/h2-3,5-6,8H,1,7,10H2/b6-5-,9-8-. The Bertz CT molecular complexity index is 191. The van der Waals surface area contributed by atoms with Crippen molar-refractivity contribution in [2.45, 2.75) is 6.42 Å². The third-order valence-corrected chi connectivity index (χ3v) is 0.864. The predicted molar refractivity (Wildman–Crippen MR) is 45.1 cm³/mol. The molecule has 0 saturated carbocycles. The quantitative estimate of drug-likeness (QED) is 0.459. The molecule has 0 aromatic carbocycles. The molecule has 0 aliphatic carbocycles. The van der Waals surface area contributed by atoms with E-state index in [1.807, 2.05) is 0 Å². The lowest BCUT2D eigenvalue weighted by atomic mass is 10.3. The van der Waals surface area contributed by atoms with Crippen molar-refractivity contribution in [3.63, 3.8) is 0 Å². The second-order valence-corrected chi connectivity index (χ2v) is 1.74. The minimum Gasteiger partial charge on any atom is -0.401 e. The summed E-state index contributed by atoms with van der Waals surface area (Å²) in [5.74, 6) is 2.44. The highest BCUT2D eigenvalue weighted by molar-refractivity contribution is 5.16. The van der Waals surface area contributed by atoms with Crippen molar-refractivity contribution in [1.82, 2.24) is 0 Å². The van der Waals surface area contributed by atoms with Crippen LogP contribution in [-0.4, -0.2) is 0 Å². The Morgan fingerprint density at radius 1 is 1.60 bits per heavy atom. The van der Waals surface area contributed by atoms with Crippen molar-refractivity contribution in [1.29, 1.82) is 0 Å². The minimum absolute atomic E-state index is 0.501. The first-order chi connectivity index (χ1) is 4.81. The second-order valence-electron chi connectivity index (χ2n) is 1.74. The summed E-state index contributed by atoms with van der Waals surface area (Å²) in [5.41, 5.74) is 6.15. The van der Waals surface area contributed by atoms with E-state index in [0.717, 1.165) is 0 Å². The van der Waals surface area contributed by atoms with E-state index in [0.29, 0.717) is 12.1 Å². The number of allylic oxidation sites excluding steroid dienone is 5. The Morgan fingerprint density at radius 2 is 2.30 bits per heavy atom. The van der Waals surface area contributed by atoms with Crippen LogP contribution in [0.25, 0.3) is 0 Å². The van der Waals surface area contributed by atoms with E-state index in [1.165, 1.54) is 0 Å². The van der Waals surface area contributed by atoms with Crippen LogP contribution in [0.3, 0.4) is 0 Å². The van der Waals surface area contributed by atoms with Crippen LogP contribution < -0.4 is 5.73 Å². The highest BCUT2D eigenvalue weighted by atomic mass is 14.6. The van der Waals surface area contributed by atoms with Gasteiger partial charge in [0.2, 0.25) is 0 Å². The first-order valence-corrected chi connectivity index (χ1v) is 2.98. The van der Waals surface area contributed by atoms with Crippen LogP contribution in [0.2, 0.25) is 0 Å². The molecule has 0 saturated heterocycles. The molecule has 0 atom stereocenters. The van der Waals surface area contributed by atoms with Gasteiger partial charge in [-0.25, -0.2) is 0 Å². The van der Waals surface area contributed by atoms with Crippen LogP contribution >= 0.6 is 0 Å². The highest BCUT2D eigenvalue weighted by Gasteiger charge is 1.79. The lowest BCUT2D eigenvalue weighted by molar-refractivity contribution is 1.20. The first-order valence-electron chi connectivity index (χ1n) is 2.98. The molecule has 1 nitrogen and oxygen atoms in total. The molecule has 0 aliphatic heterocycles. The Kier molecular flexibility index (Phi) is 4.90. The minimum atomic E-state index is 0.501. The average Bonchev–Trinajstić information content (AvgIpc) is 1.89. The van der Waals surface area contributed by atoms with Crippen LogP contribution in [0, 0.1) is 12.3 Å². The van der Waals surface area contributed by atoms with Gasteiger partial charge in [-0.15, -0.1) is 12.3 Å². The lowest BCUT2D eigenvalue weighted by Gasteiger charge is -1.88. The molecule has 0 aliphatic rings. The molecule has 0 fully saturated rings. The van der Waals surface area contributed by atoms with Crippen LogP contribution in [0.5, 0.6) is 0 Å². The fourth-order valence-corrected chi connectivity index (χ4v) is 0.434. The van der Waals surface area contributed by atoms with Gasteiger partial charge in [-0.2, -0.15) is 0 Å². The molecule has 1 heteroatoms. The molecule has 0 amide bonds. The van der Waals surface area contributed by atoms with Gasteiger partial charge in [-0.3, -0.25) is 0 Å². The molecule has 0 heterocycles. The van der Waals surface area contributed by atoms with Crippen LogP contribution in [0.1, 0.15) is 6.42 Å². The summed E-state index contributed by atoms with van der Waals surface area (Å²) in [4.78, 5) is 0. The Labute approximate surface area is 61.9 Å². The van der Waals surface area contributed by atoms with E-state index in [9.17, 15) is 0 Å². The van der Waals surface area contributed by atoms with Crippen LogP contribution in [-0.2, 0) is 0 Å². The Balaban J connectivity index is 3.81.